The molecule has 10 heavy (non-hydrogen) atoms. The van der Waals surface area contributed by atoms with Crippen molar-refractivity contribution < 1.29 is 4.84 Å². The molecule has 1 saturated heterocycles. The minimum atomic E-state index is 0.613. The fourth-order valence-electron chi connectivity index (χ4n) is 1.04. The number of rotatable bonds is 1. The van der Waals surface area contributed by atoms with E-state index in [0.29, 0.717) is 4.58 Å². The van der Waals surface area contributed by atoms with Gasteiger partial charge in [0.05, 0.1) is 10.3 Å². The van der Waals surface area contributed by atoms with Gasteiger partial charge in [-0.1, -0.05) is 5.16 Å². The fraction of sp³-hybridized carbons (Fsp3) is 0.833. The second-order valence-corrected chi connectivity index (χ2v) is 4.96. The summed E-state index contributed by atoms with van der Waals surface area (Å²) in [5, 5.41) is 3.99. The van der Waals surface area contributed by atoms with Gasteiger partial charge in [-0.3, -0.25) is 0 Å². The summed E-state index contributed by atoms with van der Waals surface area (Å²) in [6.07, 6.45) is 1.05. The second-order valence-electron chi connectivity index (χ2n) is 2.24. The van der Waals surface area contributed by atoms with Crippen molar-refractivity contribution in [2.75, 3.05) is 18.1 Å². The van der Waals surface area contributed by atoms with Crippen LogP contribution >= 0.6 is 23.5 Å². The number of oxime groups is 1. The minimum Gasteiger partial charge on any atom is -0.395 e. The maximum absolute atomic E-state index is 4.93. The average Bonchev–Trinajstić information content (AvgIpc) is 2.59. The van der Waals surface area contributed by atoms with Gasteiger partial charge in [-0.15, -0.1) is 23.5 Å². The van der Waals surface area contributed by atoms with Gasteiger partial charge in [0, 0.05) is 17.9 Å². The predicted octanol–water partition coefficient (Wildman–Crippen LogP) is 1.57. The Morgan fingerprint density at radius 3 is 2.80 bits per heavy atom. The van der Waals surface area contributed by atoms with Crippen LogP contribution in [0.15, 0.2) is 5.16 Å². The van der Waals surface area contributed by atoms with Gasteiger partial charge in [-0.05, 0) is 0 Å². The molecule has 0 N–H and O–H groups in total. The summed E-state index contributed by atoms with van der Waals surface area (Å²) in [6.45, 7) is 0.799. The highest BCUT2D eigenvalue weighted by Crippen LogP contribution is 2.34. The number of nitrogens with zero attached hydrogens (tertiary/aromatic N) is 1. The first-order valence-electron chi connectivity index (χ1n) is 3.39. The lowest BCUT2D eigenvalue weighted by molar-refractivity contribution is 0.173. The summed E-state index contributed by atoms with van der Waals surface area (Å²) in [5.74, 6) is 2.54. The Balaban J connectivity index is 1.97. The van der Waals surface area contributed by atoms with E-state index in [9.17, 15) is 0 Å². The second kappa shape index (κ2) is 3.05. The number of hydrogen-bond acceptors (Lipinski definition) is 4. The van der Waals surface area contributed by atoms with Crippen molar-refractivity contribution in [3.05, 3.63) is 0 Å². The van der Waals surface area contributed by atoms with E-state index in [1.54, 1.807) is 0 Å². The molecule has 0 aliphatic carbocycles. The maximum atomic E-state index is 4.93. The first-order valence-corrected chi connectivity index (χ1v) is 5.48. The molecular formula is C6H9NOS2. The highest BCUT2D eigenvalue weighted by molar-refractivity contribution is 8.21. The van der Waals surface area contributed by atoms with Crippen molar-refractivity contribution in [1.29, 1.82) is 0 Å². The lowest BCUT2D eigenvalue weighted by Gasteiger charge is -2.02. The zero-order chi connectivity index (χ0) is 6.81. The molecule has 2 heterocycles. The Morgan fingerprint density at radius 2 is 2.20 bits per heavy atom. The first-order chi connectivity index (χ1) is 4.97. The lowest BCUT2D eigenvalue weighted by atomic mass is 10.3. The Hall–Kier alpha value is 0.170. The van der Waals surface area contributed by atoms with Crippen molar-refractivity contribution in [3.8, 4) is 0 Å². The topological polar surface area (TPSA) is 21.6 Å². The quantitative estimate of drug-likeness (QED) is 0.604. The molecule has 0 atom stereocenters. The molecule has 0 unspecified atom stereocenters. The third-order valence-electron chi connectivity index (χ3n) is 1.53. The molecule has 2 nitrogen and oxygen atoms in total. The van der Waals surface area contributed by atoms with Gasteiger partial charge in [0.2, 0.25) is 0 Å². The normalized spacial score (nSPS) is 26.6. The smallest absolute Gasteiger partial charge is 0.122 e. The number of hydrogen-bond donors (Lipinski definition) is 0. The molecule has 0 aromatic carbocycles. The van der Waals surface area contributed by atoms with Crippen LogP contribution < -0.4 is 0 Å². The molecule has 0 spiro atoms. The molecular weight excluding hydrogens is 166 g/mol. The standard InChI is InChI=1S/C6H9NOS2/c1-2-8-7-5(1)6-9-3-4-10-6/h6H,1-4H2. The zero-order valence-electron chi connectivity index (χ0n) is 5.58. The van der Waals surface area contributed by atoms with E-state index in [1.807, 2.05) is 23.5 Å². The summed E-state index contributed by atoms with van der Waals surface area (Å²) < 4.78 is 0.613. The van der Waals surface area contributed by atoms with Gasteiger partial charge < -0.3 is 4.84 Å². The maximum Gasteiger partial charge on any atom is 0.122 e. The summed E-state index contributed by atoms with van der Waals surface area (Å²) in [5.41, 5.74) is 1.26. The van der Waals surface area contributed by atoms with E-state index < -0.39 is 0 Å². The molecule has 4 heteroatoms. The van der Waals surface area contributed by atoms with Crippen LogP contribution in [0.2, 0.25) is 0 Å². The van der Waals surface area contributed by atoms with E-state index in [1.165, 1.54) is 17.2 Å². The molecule has 0 bridgehead atoms. The van der Waals surface area contributed by atoms with Crippen molar-refractivity contribution >= 4 is 29.2 Å². The summed E-state index contributed by atoms with van der Waals surface area (Å²) in [7, 11) is 0. The van der Waals surface area contributed by atoms with Crippen molar-refractivity contribution in [2.45, 2.75) is 11.0 Å². The van der Waals surface area contributed by atoms with Gasteiger partial charge in [0.15, 0.2) is 0 Å². The molecule has 0 aromatic rings. The highest BCUT2D eigenvalue weighted by Gasteiger charge is 2.24. The third-order valence-corrected chi connectivity index (χ3v) is 4.63. The van der Waals surface area contributed by atoms with Crippen LogP contribution in [0, 0.1) is 0 Å². The van der Waals surface area contributed by atoms with E-state index in [2.05, 4.69) is 5.16 Å². The van der Waals surface area contributed by atoms with Crippen LogP contribution in [0.3, 0.4) is 0 Å². The van der Waals surface area contributed by atoms with E-state index in [4.69, 9.17) is 4.84 Å². The molecule has 0 amide bonds. The van der Waals surface area contributed by atoms with Crippen molar-refractivity contribution in [1.82, 2.24) is 0 Å². The van der Waals surface area contributed by atoms with E-state index >= 15 is 0 Å². The molecule has 0 aromatic heterocycles. The summed E-state index contributed by atoms with van der Waals surface area (Å²) in [4.78, 5) is 4.93. The molecule has 2 aliphatic heterocycles. The van der Waals surface area contributed by atoms with E-state index in [0.717, 1.165) is 13.0 Å². The fourth-order valence-corrected chi connectivity index (χ4v) is 3.90. The van der Waals surface area contributed by atoms with Crippen LogP contribution in [0.5, 0.6) is 0 Å². The Kier molecular flexibility index (Phi) is 2.09. The molecule has 2 rings (SSSR count). The molecule has 0 radical (unpaired) electrons. The van der Waals surface area contributed by atoms with Crippen molar-refractivity contribution in [3.63, 3.8) is 0 Å². The van der Waals surface area contributed by atoms with Gasteiger partial charge >= 0.3 is 0 Å². The van der Waals surface area contributed by atoms with Crippen LogP contribution in [0.4, 0.5) is 0 Å². The summed E-state index contributed by atoms with van der Waals surface area (Å²) in [6, 6.07) is 0. The van der Waals surface area contributed by atoms with Crippen LogP contribution in [-0.2, 0) is 4.84 Å². The average molecular weight is 175 g/mol. The Morgan fingerprint density at radius 1 is 1.40 bits per heavy atom. The number of thioether (sulfide) groups is 2. The first kappa shape index (κ1) is 6.85. The molecule has 56 valence electrons. The monoisotopic (exact) mass is 175 g/mol. The largest absolute Gasteiger partial charge is 0.395 e. The van der Waals surface area contributed by atoms with Crippen molar-refractivity contribution in [2.24, 2.45) is 5.16 Å². The Labute approximate surface area is 68.8 Å². The van der Waals surface area contributed by atoms with Gasteiger partial charge in [-0.2, -0.15) is 0 Å². The summed E-state index contributed by atoms with van der Waals surface area (Å²) >= 11 is 3.98. The predicted molar refractivity (Wildman–Crippen MR) is 46.7 cm³/mol. The van der Waals surface area contributed by atoms with Crippen LogP contribution in [-0.4, -0.2) is 28.4 Å². The lowest BCUT2D eigenvalue weighted by Crippen LogP contribution is -2.07. The molecule has 2 aliphatic rings. The SMILES string of the molecule is C1CC(C2SCCS2)=NO1. The van der Waals surface area contributed by atoms with Crippen LogP contribution in [0.25, 0.3) is 0 Å². The highest BCUT2D eigenvalue weighted by atomic mass is 32.2. The van der Waals surface area contributed by atoms with Crippen LogP contribution in [0.1, 0.15) is 6.42 Å². The zero-order valence-corrected chi connectivity index (χ0v) is 7.21. The minimum absolute atomic E-state index is 0.613. The van der Waals surface area contributed by atoms with Gasteiger partial charge in [0.25, 0.3) is 0 Å². The molecule has 1 fully saturated rings. The van der Waals surface area contributed by atoms with Gasteiger partial charge in [0.1, 0.15) is 6.61 Å². The van der Waals surface area contributed by atoms with E-state index in [-0.39, 0.29) is 0 Å². The third kappa shape index (κ3) is 1.27. The molecule has 0 saturated carbocycles. The Bertz CT molecular complexity index is 154. The van der Waals surface area contributed by atoms with Gasteiger partial charge in [-0.25, -0.2) is 0 Å².